The number of carbonyl (C=O) groups excluding carboxylic acids is 1. The molecule has 0 spiro atoms. The van der Waals surface area contributed by atoms with E-state index in [4.69, 9.17) is 10.2 Å². The van der Waals surface area contributed by atoms with Gasteiger partial charge in [0, 0.05) is 6.54 Å². The van der Waals surface area contributed by atoms with Crippen LogP contribution in [-0.4, -0.2) is 84.3 Å². The van der Waals surface area contributed by atoms with E-state index in [1.54, 1.807) is 0 Å². The zero-order chi connectivity index (χ0) is 16.0. The molecule has 0 aromatic carbocycles. The summed E-state index contributed by atoms with van der Waals surface area (Å²) in [7, 11) is 0. The molecule has 0 heterocycles. The Labute approximate surface area is 183 Å². The normalized spacial score (nSPS) is 17.0. The maximum absolute atomic E-state index is 10.8. The molecular formula is C10H17NNa2O7S2. The summed E-state index contributed by atoms with van der Waals surface area (Å²) in [5, 5.41) is 57.3. The van der Waals surface area contributed by atoms with Crippen molar-refractivity contribution >= 4 is 35.1 Å². The minimum atomic E-state index is -1.82. The number of rotatable bonds is 8. The molecule has 5 atom stereocenters. The van der Waals surface area contributed by atoms with Gasteiger partial charge in [0.25, 0.3) is 0 Å². The van der Waals surface area contributed by atoms with Gasteiger partial charge in [0.2, 0.25) is 0 Å². The van der Waals surface area contributed by atoms with Crippen LogP contribution in [0.15, 0.2) is 0 Å². The predicted octanol–water partition coefficient (Wildman–Crippen LogP) is -10.3. The van der Waals surface area contributed by atoms with Crippen molar-refractivity contribution in [3.63, 3.8) is 0 Å². The Morgan fingerprint density at radius 1 is 1.18 bits per heavy atom. The molecule has 0 saturated heterocycles. The van der Waals surface area contributed by atoms with Crippen LogP contribution in [0.25, 0.3) is 0 Å². The van der Waals surface area contributed by atoms with Gasteiger partial charge in [0.15, 0.2) is 0 Å². The van der Waals surface area contributed by atoms with Crippen LogP contribution in [0.1, 0.15) is 6.92 Å². The molecule has 5 N–H and O–H groups in total. The molecule has 0 radical (unpaired) electrons. The Kier molecular flexibility index (Phi) is 17.5. The van der Waals surface area contributed by atoms with Gasteiger partial charge in [0.1, 0.15) is 18.3 Å². The summed E-state index contributed by atoms with van der Waals surface area (Å²) in [6.07, 6.45) is -6.93. The molecule has 0 fully saturated rings. The molecule has 0 saturated carbocycles. The molecule has 0 aromatic rings. The molecule has 0 amide bonds. The molecule has 22 heavy (non-hydrogen) atoms. The number of carbonyl (C=O) groups is 1. The number of nitrogens with zero attached hydrogens (tertiary/aromatic N) is 1. The van der Waals surface area contributed by atoms with Gasteiger partial charge in [-0.3, -0.25) is 0 Å². The van der Waals surface area contributed by atoms with Gasteiger partial charge >= 0.3 is 59.1 Å². The third-order valence-electron chi connectivity index (χ3n) is 2.75. The first kappa shape index (κ1) is 28.2. The maximum Gasteiger partial charge on any atom is 1.00 e. The summed E-state index contributed by atoms with van der Waals surface area (Å²) in [6, 6.07) is -1.23. The number of carboxylic acid groups (broad SMARTS) is 1. The average molecular weight is 373 g/mol. The summed E-state index contributed by atoms with van der Waals surface area (Å²) in [6.45, 7) is -0.0660. The van der Waals surface area contributed by atoms with Crippen LogP contribution in [0.2, 0.25) is 0 Å². The second-order valence-corrected chi connectivity index (χ2v) is 5.24. The smallest absolute Gasteiger partial charge is 0.548 e. The Morgan fingerprint density at radius 3 is 1.91 bits per heavy atom. The molecule has 0 aromatic heterocycles. The molecule has 0 bridgehead atoms. The first-order valence-electron chi connectivity index (χ1n) is 5.65. The van der Waals surface area contributed by atoms with Crippen molar-refractivity contribution in [2.75, 3.05) is 13.2 Å². The third kappa shape index (κ3) is 9.02. The van der Waals surface area contributed by atoms with E-state index in [0.717, 1.165) is 4.90 Å². The fraction of sp³-hybridized carbons (Fsp3) is 0.800. The second kappa shape index (κ2) is 13.6. The van der Waals surface area contributed by atoms with Gasteiger partial charge in [-0.05, 0) is 6.92 Å². The van der Waals surface area contributed by atoms with Crippen LogP contribution in [0, 0.1) is 0 Å². The Hall–Kier alpha value is 1.38. The number of aliphatic hydroxyl groups is 5. The van der Waals surface area contributed by atoms with E-state index in [2.05, 4.69) is 24.8 Å². The fourth-order valence-electron chi connectivity index (χ4n) is 1.39. The Balaban J connectivity index is -0.00000180. The fourth-order valence-corrected chi connectivity index (χ4v) is 1.86. The first-order valence-corrected chi connectivity index (χ1v) is 6.46. The summed E-state index contributed by atoms with van der Waals surface area (Å²) < 4.78 is -0.259. The second-order valence-electron chi connectivity index (χ2n) is 4.21. The van der Waals surface area contributed by atoms with E-state index < -0.39 is 49.6 Å². The molecule has 0 aliphatic carbocycles. The standard InChI is InChI=1S/C10H19NO7S2.2Na/c1-4(9(17)18)11(10(19)20)2-5(13)7(15)8(16)6(14)3-12;;/h4-8,12-16H,2-3H2,1H3,(H,17,18)(H,19,20);;/q;2*+1/p-2/t4-,5?,6?,7?,8?;;/m0../s1. The minimum absolute atomic E-state index is 0. The first-order chi connectivity index (χ1) is 9.13. The quantitative estimate of drug-likeness (QED) is 0.158. The number of hydrogen-bond acceptors (Lipinski definition) is 9. The van der Waals surface area contributed by atoms with Crippen molar-refractivity contribution < 1.29 is 94.5 Å². The van der Waals surface area contributed by atoms with E-state index in [1.165, 1.54) is 6.92 Å². The average Bonchev–Trinajstić information content (AvgIpc) is 2.40. The molecule has 12 heteroatoms. The van der Waals surface area contributed by atoms with Crippen LogP contribution in [-0.2, 0) is 17.4 Å². The summed E-state index contributed by atoms with van der Waals surface area (Å²) in [4.78, 5) is 11.7. The zero-order valence-electron chi connectivity index (χ0n) is 12.6. The molecular weight excluding hydrogens is 356 g/mol. The van der Waals surface area contributed by atoms with E-state index in [9.17, 15) is 25.2 Å². The van der Waals surface area contributed by atoms with Gasteiger partial charge in [0.05, 0.1) is 24.7 Å². The van der Waals surface area contributed by atoms with E-state index in [-0.39, 0.29) is 63.4 Å². The number of thiocarbonyl (C=S) groups is 1. The van der Waals surface area contributed by atoms with Crippen molar-refractivity contribution in [3.05, 3.63) is 0 Å². The molecule has 4 unspecified atom stereocenters. The van der Waals surface area contributed by atoms with Crippen LogP contribution >= 0.6 is 12.2 Å². The van der Waals surface area contributed by atoms with E-state index in [1.807, 2.05) is 0 Å². The number of aliphatic carboxylic acids is 1. The largest absolute Gasteiger partial charge is 1.00 e. The monoisotopic (exact) mass is 373 g/mol. The van der Waals surface area contributed by atoms with Gasteiger partial charge in [-0.25, -0.2) is 0 Å². The van der Waals surface area contributed by atoms with Crippen molar-refractivity contribution in [1.29, 1.82) is 0 Å². The van der Waals surface area contributed by atoms with Crippen LogP contribution in [0.3, 0.4) is 0 Å². The summed E-state index contributed by atoms with van der Waals surface area (Å²) in [5.74, 6) is -1.48. The van der Waals surface area contributed by atoms with Gasteiger partial charge in [-0.2, -0.15) is 0 Å². The van der Waals surface area contributed by atoms with Crippen molar-refractivity contribution in [2.24, 2.45) is 0 Å². The molecule has 0 aliphatic heterocycles. The molecule has 0 aliphatic rings. The van der Waals surface area contributed by atoms with Gasteiger partial charge in [-0.1, -0.05) is 4.32 Å². The molecule has 8 nitrogen and oxygen atoms in total. The number of carboxylic acids is 1. The van der Waals surface area contributed by atoms with Crippen LogP contribution in [0.4, 0.5) is 0 Å². The predicted molar refractivity (Wildman–Crippen MR) is 72.3 cm³/mol. The Morgan fingerprint density at radius 2 is 1.59 bits per heavy atom. The van der Waals surface area contributed by atoms with Crippen LogP contribution in [0.5, 0.6) is 0 Å². The van der Waals surface area contributed by atoms with Crippen molar-refractivity contribution in [2.45, 2.75) is 37.4 Å². The SMILES string of the molecule is C[C@@H](C(=O)[O-])N(CC(O)C(O)C(O)C(O)CO)C(=S)[S-].[Na+].[Na+]. The molecule has 0 rings (SSSR count). The minimum Gasteiger partial charge on any atom is -0.548 e. The van der Waals surface area contributed by atoms with Crippen LogP contribution < -0.4 is 64.2 Å². The number of hydrogen-bond donors (Lipinski definition) is 5. The van der Waals surface area contributed by atoms with E-state index in [0.29, 0.717) is 0 Å². The Bertz CT molecular complexity index is 353. The summed E-state index contributed by atoms with van der Waals surface area (Å²) in [5.41, 5.74) is 0. The van der Waals surface area contributed by atoms with Crippen molar-refractivity contribution in [3.8, 4) is 0 Å². The topological polar surface area (TPSA) is 145 Å². The maximum atomic E-state index is 10.8. The van der Waals surface area contributed by atoms with Crippen molar-refractivity contribution in [1.82, 2.24) is 4.90 Å². The van der Waals surface area contributed by atoms with Gasteiger partial charge < -0.3 is 65.2 Å². The third-order valence-corrected chi connectivity index (χ3v) is 3.22. The number of aliphatic hydroxyl groups excluding tert-OH is 5. The van der Waals surface area contributed by atoms with E-state index >= 15 is 0 Å². The summed E-state index contributed by atoms with van der Waals surface area (Å²) >= 11 is 9.33. The van der Waals surface area contributed by atoms with Gasteiger partial charge in [-0.15, -0.1) is 0 Å². The zero-order valence-corrected chi connectivity index (χ0v) is 18.3. The molecule has 118 valence electrons.